The summed E-state index contributed by atoms with van der Waals surface area (Å²) in [6.45, 7) is -1.31. The summed E-state index contributed by atoms with van der Waals surface area (Å²) in [5, 5.41) is 0. The molecule has 0 radical (unpaired) electrons. The minimum absolute atomic E-state index is 0.131. The summed E-state index contributed by atoms with van der Waals surface area (Å²) in [5.41, 5.74) is 6.16. The number of rotatable bonds is 4. The van der Waals surface area contributed by atoms with Gasteiger partial charge in [-0.3, -0.25) is 0 Å². The number of nitrogens with two attached hydrogens (primary N) is 1. The quantitative estimate of drug-likeness (QED) is 0.862. The van der Waals surface area contributed by atoms with E-state index in [2.05, 4.69) is 4.74 Å². The molecule has 0 atom stereocenters. The van der Waals surface area contributed by atoms with Crippen LogP contribution in [0.1, 0.15) is 0 Å². The highest BCUT2D eigenvalue weighted by Crippen LogP contribution is 2.25. The summed E-state index contributed by atoms with van der Waals surface area (Å²) >= 11 is 0. The van der Waals surface area contributed by atoms with Gasteiger partial charge < -0.3 is 15.2 Å². The van der Waals surface area contributed by atoms with Gasteiger partial charge in [0.1, 0.15) is 17.2 Å². The molecule has 106 valence electrons. The number of hydrogen-bond acceptors (Lipinski definition) is 3. The van der Waals surface area contributed by atoms with Gasteiger partial charge in [-0.1, -0.05) is 0 Å². The maximum absolute atomic E-state index is 12.0. The third-order valence-electron chi connectivity index (χ3n) is 2.34. The van der Waals surface area contributed by atoms with Crippen molar-refractivity contribution in [3.63, 3.8) is 0 Å². The van der Waals surface area contributed by atoms with Gasteiger partial charge in [0.15, 0.2) is 6.61 Å². The van der Waals surface area contributed by atoms with Crippen LogP contribution in [0.4, 0.5) is 18.9 Å². The van der Waals surface area contributed by atoms with Gasteiger partial charge in [0.2, 0.25) is 0 Å². The molecule has 2 N–H and O–H groups in total. The zero-order chi connectivity index (χ0) is 14.6. The summed E-state index contributed by atoms with van der Waals surface area (Å²) in [4.78, 5) is 0. The molecule has 0 fully saturated rings. The first-order chi connectivity index (χ1) is 9.42. The molecule has 2 aromatic rings. The van der Waals surface area contributed by atoms with E-state index in [1.54, 1.807) is 24.3 Å². The minimum Gasteiger partial charge on any atom is -0.484 e. The Labute approximate surface area is 113 Å². The lowest BCUT2D eigenvalue weighted by Crippen LogP contribution is -2.19. The van der Waals surface area contributed by atoms with Crippen LogP contribution in [0, 0.1) is 0 Å². The van der Waals surface area contributed by atoms with E-state index in [4.69, 9.17) is 10.5 Å². The topological polar surface area (TPSA) is 44.5 Å². The summed E-state index contributed by atoms with van der Waals surface area (Å²) in [7, 11) is 0. The van der Waals surface area contributed by atoms with Crippen LogP contribution in [0.25, 0.3) is 0 Å². The van der Waals surface area contributed by atoms with Crippen molar-refractivity contribution in [3.05, 3.63) is 48.5 Å². The average molecular weight is 283 g/mol. The van der Waals surface area contributed by atoms with E-state index < -0.39 is 12.8 Å². The highest BCUT2D eigenvalue weighted by atomic mass is 19.4. The number of nitrogen functional groups attached to an aromatic ring is 1. The Bertz CT molecular complexity index is 550. The van der Waals surface area contributed by atoms with Crippen molar-refractivity contribution < 1.29 is 22.6 Å². The van der Waals surface area contributed by atoms with Crippen molar-refractivity contribution in [2.75, 3.05) is 12.3 Å². The van der Waals surface area contributed by atoms with E-state index in [1.807, 2.05) is 0 Å². The first-order valence-corrected chi connectivity index (χ1v) is 5.75. The molecule has 0 bridgehead atoms. The minimum atomic E-state index is -4.35. The Hall–Kier alpha value is -2.37. The van der Waals surface area contributed by atoms with Crippen LogP contribution in [0.15, 0.2) is 48.5 Å². The molecule has 0 aromatic heterocycles. The molecular formula is C14H12F3NO2. The van der Waals surface area contributed by atoms with Crippen molar-refractivity contribution >= 4 is 5.69 Å². The molecule has 2 aromatic carbocycles. The highest BCUT2D eigenvalue weighted by Gasteiger charge is 2.28. The molecule has 0 heterocycles. The third kappa shape index (κ3) is 4.38. The monoisotopic (exact) mass is 283 g/mol. The second-order valence-electron chi connectivity index (χ2n) is 4.05. The normalized spacial score (nSPS) is 11.2. The van der Waals surface area contributed by atoms with Crippen LogP contribution >= 0.6 is 0 Å². The van der Waals surface area contributed by atoms with E-state index in [0.717, 1.165) is 0 Å². The molecule has 3 nitrogen and oxygen atoms in total. The fourth-order valence-corrected chi connectivity index (χ4v) is 1.44. The highest BCUT2D eigenvalue weighted by molar-refractivity contribution is 5.43. The van der Waals surface area contributed by atoms with Crippen molar-refractivity contribution in [1.82, 2.24) is 0 Å². The first kappa shape index (κ1) is 14.0. The standard InChI is InChI=1S/C14H12F3NO2/c15-14(16,17)9-19-11-5-7-13(8-6-11)20-12-3-1-10(18)2-4-12/h1-8H,9,18H2. The van der Waals surface area contributed by atoms with Crippen molar-refractivity contribution in [1.29, 1.82) is 0 Å². The van der Waals surface area contributed by atoms with Gasteiger partial charge >= 0.3 is 6.18 Å². The number of ether oxygens (including phenoxy) is 2. The van der Waals surface area contributed by atoms with Crippen molar-refractivity contribution in [2.45, 2.75) is 6.18 Å². The molecule has 0 aliphatic heterocycles. The maximum atomic E-state index is 12.0. The molecule has 0 amide bonds. The summed E-state index contributed by atoms with van der Waals surface area (Å²) in [6.07, 6.45) is -4.35. The van der Waals surface area contributed by atoms with Crippen LogP contribution < -0.4 is 15.2 Å². The van der Waals surface area contributed by atoms with Crippen LogP contribution in [0.5, 0.6) is 17.2 Å². The Balaban J connectivity index is 1.96. The van der Waals surface area contributed by atoms with Crippen molar-refractivity contribution in [2.24, 2.45) is 0 Å². The number of alkyl halides is 3. The lowest BCUT2D eigenvalue weighted by molar-refractivity contribution is -0.153. The van der Waals surface area contributed by atoms with Gasteiger partial charge in [0, 0.05) is 5.69 Å². The largest absolute Gasteiger partial charge is 0.484 e. The second kappa shape index (κ2) is 5.73. The van der Waals surface area contributed by atoms with Gasteiger partial charge in [-0.25, -0.2) is 0 Å². The molecule has 0 unspecified atom stereocenters. The van der Waals surface area contributed by atoms with Gasteiger partial charge in [-0.05, 0) is 48.5 Å². The molecule has 2 rings (SSSR count). The molecule has 6 heteroatoms. The molecule has 0 aliphatic carbocycles. The van der Waals surface area contributed by atoms with Gasteiger partial charge in [-0.15, -0.1) is 0 Å². The predicted octanol–water partition coefficient (Wildman–Crippen LogP) is 4.00. The van der Waals surface area contributed by atoms with Crippen LogP contribution in [-0.2, 0) is 0 Å². The van der Waals surface area contributed by atoms with E-state index in [1.165, 1.54) is 24.3 Å². The van der Waals surface area contributed by atoms with Crippen molar-refractivity contribution in [3.8, 4) is 17.2 Å². The SMILES string of the molecule is Nc1ccc(Oc2ccc(OCC(F)(F)F)cc2)cc1. The van der Waals surface area contributed by atoms with Crippen LogP contribution in [0.2, 0.25) is 0 Å². The van der Waals surface area contributed by atoms with E-state index in [-0.39, 0.29) is 5.75 Å². The third-order valence-corrected chi connectivity index (χ3v) is 2.34. The fraction of sp³-hybridized carbons (Fsp3) is 0.143. The Morgan fingerprint density at radius 2 is 1.25 bits per heavy atom. The molecule has 0 aliphatic rings. The van der Waals surface area contributed by atoms with E-state index in [9.17, 15) is 13.2 Å². The lowest BCUT2D eigenvalue weighted by atomic mass is 10.3. The average Bonchev–Trinajstić information content (AvgIpc) is 2.40. The number of anilines is 1. The van der Waals surface area contributed by atoms with Gasteiger partial charge in [-0.2, -0.15) is 13.2 Å². The lowest BCUT2D eigenvalue weighted by Gasteiger charge is -2.10. The zero-order valence-electron chi connectivity index (χ0n) is 10.4. The molecular weight excluding hydrogens is 271 g/mol. The summed E-state index contributed by atoms with van der Waals surface area (Å²) in [5.74, 6) is 1.21. The number of benzene rings is 2. The summed E-state index contributed by atoms with van der Waals surface area (Å²) < 4.78 is 46.0. The molecule has 0 saturated heterocycles. The van der Waals surface area contributed by atoms with Gasteiger partial charge in [0.05, 0.1) is 0 Å². The van der Waals surface area contributed by atoms with Crippen LogP contribution in [0.3, 0.4) is 0 Å². The summed E-state index contributed by atoms with van der Waals surface area (Å²) in [6, 6.07) is 12.7. The smallest absolute Gasteiger partial charge is 0.422 e. The Kier molecular flexibility index (Phi) is 4.02. The first-order valence-electron chi connectivity index (χ1n) is 5.75. The zero-order valence-corrected chi connectivity index (χ0v) is 10.4. The Morgan fingerprint density at radius 1 is 0.800 bits per heavy atom. The van der Waals surface area contributed by atoms with Gasteiger partial charge in [0.25, 0.3) is 0 Å². The number of hydrogen-bond donors (Lipinski definition) is 1. The molecule has 20 heavy (non-hydrogen) atoms. The van der Waals surface area contributed by atoms with Crippen LogP contribution in [-0.4, -0.2) is 12.8 Å². The second-order valence-corrected chi connectivity index (χ2v) is 4.05. The number of halogens is 3. The molecule has 0 spiro atoms. The van der Waals surface area contributed by atoms with E-state index in [0.29, 0.717) is 17.2 Å². The predicted molar refractivity (Wildman–Crippen MR) is 68.9 cm³/mol. The maximum Gasteiger partial charge on any atom is 0.422 e. The van der Waals surface area contributed by atoms with E-state index >= 15 is 0 Å². The Morgan fingerprint density at radius 3 is 1.75 bits per heavy atom. The fourth-order valence-electron chi connectivity index (χ4n) is 1.44. The molecule has 0 saturated carbocycles.